The number of hydrogen-bond donors (Lipinski definition) is 0. The van der Waals surface area contributed by atoms with E-state index in [0.717, 1.165) is 0 Å². The molecule has 3 aliphatic carbocycles. The van der Waals surface area contributed by atoms with Crippen molar-refractivity contribution in [2.75, 3.05) is 14.1 Å². The summed E-state index contributed by atoms with van der Waals surface area (Å²) in [6.45, 7) is 29.3. The predicted molar refractivity (Wildman–Crippen MR) is 154 cm³/mol. The van der Waals surface area contributed by atoms with Gasteiger partial charge in [0.1, 0.15) is 0 Å². The molecule has 5 atom stereocenters. The second kappa shape index (κ2) is 12.2. The molecule has 5 unspecified atom stereocenters. The molecule has 0 aromatic heterocycles. The molecule has 3 rings (SSSR count). The van der Waals surface area contributed by atoms with Crippen molar-refractivity contribution >= 4 is 26.8 Å². The third-order valence-electron chi connectivity index (χ3n) is 8.24. The van der Waals surface area contributed by atoms with Gasteiger partial charge >= 0.3 is 35.6 Å². The van der Waals surface area contributed by atoms with Gasteiger partial charge in [0, 0.05) is 6.04 Å². The van der Waals surface area contributed by atoms with Crippen LogP contribution in [0, 0.1) is 35.5 Å². The number of hydrogen-bond acceptors (Lipinski definition) is 1. The first-order valence-electron chi connectivity index (χ1n) is 12.9. The van der Waals surface area contributed by atoms with Crippen molar-refractivity contribution in [3.63, 3.8) is 0 Å². The van der Waals surface area contributed by atoms with Crippen molar-refractivity contribution in [2.24, 2.45) is 28.6 Å². The van der Waals surface area contributed by atoms with Crippen molar-refractivity contribution in [3.05, 3.63) is 35.2 Å². The fourth-order valence-electron chi connectivity index (χ4n) is 7.31. The molecule has 0 spiro atoms. The molecule has 0 aromatic rings. The Morgan fingerprint density at radius 1 is 0.971 bits per heavy atom. The van der Waals surface area contributed by atoms with Gasteiger partial charge < -0.3 is 16.8 Å². The van der Waals surface area contributed by atoms with Crippen LogP contribution in [0.5, 0.6) is 0 Å². The average molecular weight is 564 g/mol. The number of fused-ring (bicyclic) bond motifs is 2. The molecule has 2 fully saturated rings. The van der Waals surface area contributed by atoms with E-state index in [0.29, 0.717) is 40.2 Å². The normalized spacial score (nSPS) is 31.6. The van der Waals surface area contributed by atoms with Gasteiger partial charge in [-0.1, -0.05) is 94.4 Å². The maximum atomic E-state index is 5.50. The zero-order chi connectivity index (χ0) is 26.9. The van der Waals surface area contributed by atoms with E-state index < -0.39 is 25.3 Å². The summed E-state index contributed by atoms with van der Waals surface area (Å²) in [7, 11) is 12.6. The Morgan fingerprint density at radius 2 is 1.35 bits per heavy atom. The van der Waals surface area contributed by atoms with Gasteiger partial charge in [-0.15, -0.1) is 5.54 Å². The van der Waals surface area contributed by atoms with E-state index in [1.54, 1.807) is 18.1 Å². The summed E-state index contributed by atoms with van der Waals surface area (Å²) >= 11 is -0.556. The molecule has 0 aromatic carbocycles. The van der Waals surface area contributed by atoms with Crippen molar-refractivity contribution in [1.29, 1.82) is 0 Å². The summed E-state index contributed by atoms with van der Waals surface area (Å²) in [6, 6.07) is 0.609. The van der Waals surface area contributed by atoms with Crippen molar-refractivity contribution in [3.8, 4) is 0 Å². The molecule has 3 aliphatic rings. The third kappa shape index (κ3) is 7.27. The first kappa shape index (κ1) is 32.9. The minimum absolute atomic E-state index is 0.0516. The van der Waals surface area contributed by atoms with E-state index in [4.69, 9.17) is 23.6 Å². The fraction of sp³-hybridized carbons (Fsp3) is 0.821. The number of nitrogens with zero attached hydrogens (tertiary/aromatic N) is 2. The summed E-state index contributed by atoms with van der Waals surface area (Å²) < 4.78 is 0. The summed E-state index contributed by atoms with van der Waals surface area (Å²) in [4.78, 5) is 8.01. The predicted octanol–water partition coefficient (Wildman–Crippen LogP) is 9.48. The Hall–Kier alpha value is 0.911. The molecule has 34 heavy (non-hydrogen) atoms. The quantitative estimate of drug-likeness (QED) is 0.247. The number of halogens is 2. The SMILES string of the molecule is CC1C(N(C)C)C2C=C3C(=CC2C1[Si](C)(C)[N-]C(C)(C)C)C(C)(C)CCC3(C)C.[CH2-]C.[Cl][Ti][Cl]. The van der Waals surface area contributed by atoms with Gasteiger partial charge in [0.25, 0.3) is 0 Å². The summed E-state index contributed by atoms with van der Waals surface area (Å²) in [5.74, 6) is 1.93. The molecule has 0 heterocycles. The van der Waals surface area contributed by atoms with Crippen LogP contribution < -0.4 is 0 Å². The first-order chi connectivity index (χ1) is 15.4. The molecule has 0 radical (unpaired) electrons. The van der Waals surface area contributed by atoms with Gasteiger partial charge in [-0.05, 0) is 66.7 Å². The number of rotatable bonds is 3. The van der Waals surface area contributed by atoms with Crippen LogP contribution in [-0.2, 0) is 17.0 Å². The Labute approximate surface area is 230 Å². The van der Waals surface area contributed by atoms with Crippen LogP contribution in [0.4, 0.5) is 0 Å². The Kier molecular flexibility index (Phi) is 11.8. The minimum atomic E-state index is -1.78. The zero-order valence-corrected chi connectivity index (χ0v) is 28.4. The van der Waals surface area contributed by atoms with Crippen LogP contribution in [0.3, 0.4) is 0 Å². The van der Waals surface area contributed by atoms with Gasteiger partial charge in [-0.2, -0.15) is 6.92 Å². The van der Waals surface area contributed by atoms with Crippen LogP contribution >= 0.6 is 18.6 Å². The Balaban J connectivity index is 0.00000107. The second-order valence-electron chi connectivity index (χ2n) is 13.4. The van der Waals surface area contributed by atoms with Crippen molar-refractivity contribution in [1.82, 2.24) is 4.90 Å². The van der Waals surface area contributed by atoms with Crippen LogP contribution in [0.2, 0.25) is 18.6 Å². The van der Waals surface area contributed by atoms with Gasteiger partial charge in [0.2, 0.25) is 0 Å². The van der Waals surface area contributed by atoms with E-state index in [9.17, 15) is 0 Å². The standard InChI is InChI=1S/C26H47N2Si.C2H5.2ClH.Ti/c1-17-22(28(9)10)18-15-20-21(26(7,8)14-13-25(20,5)6)16-19(18)23(17)29(11,12)27-24(2,3)4;1-2;;;/h15-19,22-23H,13-14H2,1-12H3;1H2,2H3;2*1H;/q2*-1;;;+2/p-2. The number of allylic oxidation sites excluding steroid dienone is 3. The van der Waals surface area contributed by atoms with Crippen molar-refractivity contribution < 1.29 is 17.0 Å². The van der Waals surface area contributed by atoms with Crippen LogP contribution in [-0.4, -0.2) is 38.8 Å². The molecule has 6 heteroatoms. The molecule has 198 valence electrons. The van der Waals surface area contributed by atoms with Crippen LogP contribution in [0.1, 0.15) is 75.2 Å². The van der Waals surface area contributed by atoms with Crippen LogP contribution in [0.15, 0.2) is 23.3 Å². The molecular formula is C28H52Cl2N2SiTi-2. The van der Waals surface area contributed by atoms with Gasteiger partial charge in [0.05, 0.1) is 0 Å². The van der Waals surface area contributed by atoms with E-state index >= 15 is 0 Å². The monoisotopic (exact) mass is 562 g/mol. The molecule has 0 saturated heterocycles. The van der Waals surface area contributed by atoms with E-state index in [2.05, 4.69) is 107 Å². The topological polar surface area (TPSA) is 17.3 Å². The summed E-state index contributed by atoms with van der Waals surface area (Å²) in [6.07, 6.45) is 8.10. The van der Waals surface area contributed by atoms with Gasteiger partial charge in [0.15, 0.2) is 0 Å². The van der Waals surface area contributed by atoms with Crippen LogP contribution in [0.25, 0.3) is 4.98 Å². The van der Waals surface area contributed by atoms with E-state index in [-0.39, 0.29) is 5.54 Å². The Morgan fingerprint density at radius 3 is 1.71 bits per heavy atom. The summed E-state index contributed by atoms with van der Waals surface area (Å²) in [5, 5.41) is 0. The summed E-state index contributed by atoms with van der Waals surface area (Å²) in [5.41, 5.74) is 4.66. The van der Waals surface area contributed by atoms with E-state index in [1.165, 1.54) is 12.8 Å². The maximum absolute atomic E-state index is 5.50. The fourth-order valence-corrected chi connectivity index (χ4v) is 11.9. The first-order valence-corrected chi connectivity index (χ1v) is 20.2. The molecular weight excluding hydrogens is 511 g/mol. The Bertz CT molecular complexity index is 737. The van der Waals surface area contributed by atoms with Crippen molar-refractivity contribution in [2.45, 2.75) is 105 Å². The third-order valence-corrected chi connectivity index (χ3v) is 12.0. The molecule has 0 bridgehead atoms. The zero-order valence-electron chi connectivity index (χ0n) is 24.3. The molecule has 0 amide bonds. The second-order valence-corrected chi connectivity index (χ2v) is 20.2. The molecule has 0 aliphatic heterocycles. The van der Waals surface area contributed by atoms with E-state index in [1.807, 2.05) is 0 Å². The van der Waals surface area contributed by atoms with Gasteiger partial charge in [-0.25, -0.2) is 0 Å². The molecule has 2 saturated carbocycles. The van der Waals surface area contributed by atoms with Gasteiger partial charge in [-0.3, -0.25) is 0 Å². The molecule has 2 nitrogen and oxygen atoms in total. The molecule has 0 N–H and O–H groups in total. The average Bonchev–Trinajstić information content (AvgIpc) is 2.97.